The molecule has 1 unspecified atom stereocenters. The lowest BCUT2D eigenvalue weighted by Crippen LogP contribution is -2.41. The lowest BCUT2D eigenvalue weighted by molar-refractivity contribution is -0.142. The van der Waals surface area contributed by atoms with Gasteiger partial charge < -0.3 is 9.94 Å². The van der Waals surface area contributed by atoms with Crippen LogP contribution in [-0.4, -0.2) is 42.6 Å². The average Bonchev–Trinajstić information content (AvgIpc) is 2.65. The summed E-state index contributed by atoms with van der Waals surface area (Å²) in [5.74, 6) is -2.17. The van der Waals surface area contributed by atoms with Gasteiger partial charge in [-0.05, 0) is 36.3 Å². The fraction of sp³-hybridized carbons (Fsp3) is 0.444. The van der Waals surface area contributed by atoms with Gasteiger partial charge in [0.15, 0.2) is 5.75 Å². The van der Waals surface area contributed by atoms with Crippen molar-refractivity contribution in [3.8, 4) is 11.8 Å². The lowest BCUT2D eigenvalue weighted by Gasteiger charge is -2.28. The number of carboxylic acid groups (broad SMARTS) is 1. The molecule has 1 aromatic rings. The van der Waals surface area contributed by atoms with Gasteiger partial charge in [0.05, 0.1) is 23.3 Å². The average molecular weight is 393 g/mol. The molecule has 0 bridgehead atoms. The molecule has 1 aliphatic heterocycles. The third-order valence-corrected chi connectivity index (χ3v) is 6.26. The first kappa shape index (κ1) is 20.7. The van der Waals surface area contributed by atoms with Crippen molar-refractivity contribution in [3.05, 3.63) is 41.6 Å². The highest BCUT2D eigenvalue weighted by Gasteiger charge is 2.32. The van der Waals surface area contributed by atoms with Crippen LogP contribution in [0.15, 0.2) is 36.0 Å². The highest BCUT2D eigenvalue weighted by atomic mass is 32.2. The Hall–Kier alpha value is -2.57. The number of carbonyl (C=O) groups is 1. The van der Waals surface area contributed by atoms with Crippen molar-refractivity contribution in [2.75, 3.05) is 18.8 Å². The lowest BCUT2D eigenvalue weighted by atomic mass is 9.98. The second-order valence-electron chi connectivity index (χ2n) is 6.64. The zero-order valence-corrected chi connectivity index (χ0v) is 16.1. The Morgan fingerprint density at radius 1 is 1.37 bits per heavy atom. The molecule has 146 valence electrons. The number of sulfonamides is 1. The maximum atomic E-state index is 12.5. The zero-order valence-electron chi connectivity index (χ0n) is 15.3. The topological polar surface area (TPSA) is 120 Å². The van der Waals surface area contributed by atoms with Crippen LogP contribution in [0.5, 0.6) is 5.75 Å². The van der Waals surface area contributed by atoms with Crippen LogP contribution in [0.2, 0.25) is 0 Å². The van der Waals surface area contributed by atoms with Gasteiger partial charge in [-0.2, -0.15) is 9.57 Å². The highest BCUT2D eigenvalue weighted by Crippen LogP contribution is 2.20. The quantitative estimate of drug-likeness (QED) is 0.645. The van der Waals surface area contributed by atoms with Crippen LogP contribution in [-0.2, 0) is 14.8 Å². The predicted octanol–water partition coefficient (Wildman–Crippen LogP) is 1.72. The van der Waals surface area contributed by atoms with Crippen LogP contribution >= 0.6 is 0 Å². The normalized spacial score (nSPS) is 16.3. The van der Waals surface area contributed by atoms with E-state index in [1.807, 2.05) is 6.07 Å². The summed E-state index contributed by atoms with van der Waals surface area (Å²) in [5, 5.41) is 18.0. The largest absolute Gasteiger partial charge is 0.481 e. The first-order valence-corrected chi connectivity index (χ1v) is 10.2. The molecule has 0 spiro atoms. The van der Waals surface area contributed by atoms with Gasteiger partial charge in [-0.15, -0.1) is 0 Å². The Balaban J connectivity index is 1.92. The van der Waals surface area contributed by atoms with Gasteiger partial charge in [0.2, 0.25) is 10.0 Å². The van der Waals surface area contributed by atoms with Crippen LogP contribution in [0.1, 0.15) is 25.8 Å². The van der Waals surface area contributed by atoms with Crippen molar-refractivity contribution >= 4 is 16.0 Å². The molecule has 0 amide bonds. The standard InChI is InChI=1S/C18H23N3O5S/c1-13(2)17(18(22)23)12-27(24,25)21-9-7-15(8-10-21)20-26-16-5-3-14(11-19)4-6-16/h3-7,13,17,20H,8-10,12H2,1-2H3,(H,22,23). The van der Waals surface area contributed by atoms with Gasteiger partial charge >= 0.3 is 5.97 Å². The van der Waals surface area contributed by atoms with Crippen LogP contribution in [0, 0.1) is 23.2 Å². The molecule has 0 aliphatic carbocycles. The van der Waals surface area contributed by atoms with Crippen molar-refractivity contribution in [2.45, 2.75) is 20.3 Å². The van der Waals surface area contributed by atoms with E-state index in [0.717, 1.165) is 5.70 Å². The van der Waals surface area contributed by atoms with Gasteiger partial charge in [0.25, 0.3) is 0 Å². The van der Waals surface area contributed by atoms with E-state index in [0.29, 0.717) is 17.7 Å². The third kappa shape index (κ3) is 5.70. The van der Waals surface area contributed by atoms with Gasteiger partial charge in [0.1, 0.15) is 0 Å². The number of carboxylic acids is 1. The summed E-state index contributed by atoms with van der Waals surface area (Å²) < 4.78 is 26.3. The number of hydroxylamine groups is 1. The molecule has 0 saturated heterocycles. The van der Waals surface area contributed by atoms with Crippen LogP contribution in [0.25, 0.3) is 0 Å². The van der Waals surface area contributed by atoms with E-state index in [2.05, 4.69) is 5.48 Å². The Kier molecular flexibility index (Phi) is 6.82. The number of aliphatic carboxylic acids is 1. The van der Waals surface area contributed by atoms with Crippen LogP contribution < -0.4 is 10.3 Å². The number of hydrogen-bond acceptors (Lipinski definition) is 6. The summed E-state index contributed by atoms with van der Waals surface area (Å²) in [5.41, 5.74) is 4.06. The minimum atomic E-state index is -3.66. The van der Waals surface area contributed by atoms with Crippen LogP contribution in [0.3, 0.4) is 0 Å². The Labute approximate surface area is 159 Å². The van der Waals surface area contributed by atoms with Gasteiger partial charge in [-0.3, -0.25) is 4.79 Å². The fourth-order valence-corrected chi connectivity index (χ4v) is 4.46. The highest BCUT2D eigenvalue weighted by molar-refractivity contribution is 7.89. The molecule has 1 heterocycles. The molecule has 0 saturated carbocycles. The predicted molar refractivity (Wildman–Crippen MR) is 98.9 cm³/mol. The smallest absolute Gasteiger partial charge is 0.307 e. The van der Waals surface area contributed by atoms with E-state index in [1.165, 1.54) is 4.31 Å². The number of nitrogens with zero attached hydrogens (tertiary/aromatic N) is 2. The number of nitrogens with one attached hydrogen (secondary N) is 1. The summed E-state index contributed by atoms with van der Waals surface area (Å²) >= 11 is 0. The van der Waals surface area contributed by atoms with Crippen LogP contribution in [0.4, 0.5) is 0 Å². The maximum Gasteiger partial charge on any atom is 0.307 e. The molecule has 1 atom stereocenters. The zero-order chi connectivity index (χ0) is 20.0. The summed E-state index contributed by atoms with van der Waals surface area (Å²) in [6, 6.07) is 8.60. The Bertz CT molecular complexity index is 841. The van der Waals surface area contributed by atoms with Crippen molar-refractivity contribution in [2.24, 2.45) is 11.8 Å². The molecule has 0 radical (unpaired) electrons. The van der Waals surface area contributed by atoms with Gasteiger partial charge in [-0.1, -0.05) is 13.8 Å². The summed E-state index contributed by atoms with van der Waals surface area (Å²) in [6.45, 7) is 3.81. The number of rotatable bonds is 8. The first-order valence-electron chi connectivity index (χ1n) is 8.55. The monoisotopic (exact) mass is 393 g/mol. The summed E-state index contributed by atoms with van der Waals surface area (Å²) in [6.07, 6.45) is 2.13. The molecule has 8 nitrogen and oxygen atoms in total. The first-order chi connectivity index (χ1) is 12.7. The Morgan fingerprint density at radius 3 is 2.52 bits per heavy atom. The SMILES string of the molecule is CC(C)C(CS(=O)(=O)N1CC=C(NOc2ccc(C#N)cc2)CC1)C(=O)O. The van der Waals surface area contributed by atoms with E-state index in [9.17, 15) is 18.3 Å². The molecule has 1 aromatic carbocycles. The molecule has 2 N–H and O–H groups in total. The summed E-state index contributed by atoms with van der Waals surface area (Å²) in [4.78, 5) is 16.7. The number of nitriles is 1. The molecule has 9 heteroatoms. The second-order valence-corrected chi connectivity index (χ2v) is 8.66. The van der Waals surface area contributed by atoms with Gasteiger partial charge in [-0.25, -0.2) is 13.9 Å². The Morgan fingerprint density at radius 2 is 2.04 bits per heavy atom. The van der Waals surface area contributed by atoms with E-state index in [4.69, 9.17) is 10.1 Å². The van der Waals surface area contributed by atoms with Crippen molar-refractivity contribution < 1.29 is 23.2 Å². The number of hydrogen-bond donors (Lipinski definition) is 2. The van der Waals surface area contributed by atoms with Crippen molar-refractivity contribution in [1.82, 2.24) is 9.79 Å². The molecule has 0 fully saturated rings. The van der Waals surface area contributed by atoms with E-state index in [1.54, 1.807) is 44.2 Å². The van der Waals surface area contributed by atoms with Crippen molar-refractivity contribution in [1.29, 1.82) is 5.26 Å². The molecular formula is C18H23N3O5S. The third-order valence-electron chi connectivity index (χ3n) is 4.36. The summed E-state index contributed by atoms with van der Waals surface area (Å²) in [7, 11) is -3.66. The minimum absolute atomic E-state index is 0.159. The van der Waals surface area contributed by atoms with E-state index < -0.39 is 27.7 Å². The molecule has 0 aromatic heterocycles. The molecule has 1 aliphatic rings. The van der Waals surface area contributed by atoms with Crippen molar-refractivity contribution in [3.63, 3.8) is 0 Å². The fourth-order valence-electron chi connectivity index (χ4n) is 2.60. The molecular weight excluding hydrogens is 370 g/mol. The number of benzene rings is 1. The second kappa shape index (κ2) is 8.88. The minimum Gasteiger partial charge on any atom is -0.481 e. The molecule has 2 rings (SSSR count). The van der Waals surface area contributed by atoms with Gasteiger partial charge in [0, 0.05) is 25.2 Å². The maximum absolute atomic E-state index is 12.5. The molecule has 27 heavy (non-hydrogen) atoms. The van der Waals surface area contributed by atoms with E-state index >= 15 is 0 Å². The van der Waals surface area contributed by atoms with E-state index in [-0.39, 0.29) is 19.0 Å².